The van der Waals surface area contributed by atoms with Crippen LogP contribution >= 0.6 is 0 Å². The van der Waals surface area contributed by atoms with Crippen molar-refractivity contribution in [2.75, 3.05) is 5.43 Å². The summed E-state index contributed by atoms with van der Waals surface area (Å²) < 4.78 is 7.29. The van der Waals surface area contributed by atoms with E-state index in [1.165, 1.54) is 4.57 Å². The summed E-state index contributed by atoms with van der Waals surface area (Å²) in [6, 6.07) is 18.9. The highest BCUT2D eigenvalue weighted by Crippen LogP contribution is 2.31. The van der Waals surface area contributed by atoms with Crippen LogP contribution in [-0.2, 0) is 7.05 Å². The van der Waals surface area contributed by atoms with Gasteiger partial charge in [-0.05, 0) is 24.4 Å². The van der Waals surface area contributed by atoms with Crippen molar-refractivity contribution in [1.29, 1.82) is 0 Å². The van der Waals surface area contributed by atoms with Gasteiger partial charge in [0.2, 0.25) is 5.95 Å². The van der Waals surface area contributed by atoms with E-state index in [1.54, 1.807) is 31.3 Å². The van der Waals surface area contributed by atoms with Gasteiger partial charge in [0.25, 0.3) is 5.56 Å². The molecule has 7 heteroatoms. The molecule has 5 rings (SSSR count). The van der Waals surface area contributed by atoms with Crippen molar-refractivity contribution in [1.82, 2.24) is 15.0 Å². The Labute approximate surface area is 170 Å². The Hall–Kier alpha value is -4.13. The molecule has 3 aromatic carbocycles. The molecule has 148 valence electrons. The number of amides is 1. The maximum atomic E-state index is 12.8. The molecule has 0 radical (unpaired) electrons. The third-order valence-corrected chi connectivity index (χ3v) is 5.31. The Balaban J connectivity index is 1.49. The van der Waals surface area contributed by atoms with E-state index in [4.69, 9.17) is 4.42 Å². The fraction of sp³-hybridized carbons (Fsp3) is 0.0870. The molecule has 1 amide bonds. The van der Waals surface area contributed by atoms with Gasteiger partial charge in [-0.3, -0.25) is 25.0 Å². The summed E-state index contributed by atoms with van der Waals surface area (Å²) in [5, 5.41) is 3.38. The molecular formula is C23H18N4O3. The summed E-state index contributed by atoms with van der Waals surface area (Å²) in [6.07, 6.45) is 0. The predicted octanol–water partition coefficient (Wildman–Crippen LogP) is 3.90. The zero-order valence-corrected chi connectivity index (χ0v) is 16.4. The second-order valence-corrected chi connectivity index (χ2v) is 7.12. The molecule has 0 unspecified atom stereocenters. The minimum Gasteiger partial charge on any atom is -0.450 e. The number of hydrogen-bond acceptors (Lipinski definition) is 5. The van der Waals surface area contributed by atoms with Gasteiger partial charge >= 0.3 is 5.91 Å². The number of aryl methyl sites for hydroxylation is 1. The van der Waals surface area contributed by atoms with Crippen LogP contribution in [0.3, 0.4) is 0 Å². The fourth-order valence-corrected chi connectivity index (χ4v) is 3.67. The summed E-state index contributed by atoms with van der Waals surface area (Å²) in [6.45, 7) is 1.85. The van der Waals surface area contributed by atoms with Crippen molar-refractivity contribution in [2.45, 2.75) is 6.92 Å². The van der Waals surface area contributed by atoms with Gasteiger partial charge < -0.3 is 4.42 Å². The first-order chi connectivity index (χ1) is 14.5. The van der Waals surface area contributed by atoms with Crippen LogP contribution in [0.15, 0.2) is 69.9 Å². The first-order valence-corrected chi connectivity index (χ1v) is 9.47. The summed E-state index contributed by atoms with van der Waals surface area (Å²) in [5.41, 5.74) is 7.10. The molecule has 7 nitrogen and oxygen atoms in total. The summed E-state index contributed by atoms with van der Waals surface area (Å²) in [5.74, 6) is -0.0129. The lowest BCUT2D eigenvalue weighted by Crippen LogP contribution is -2.33. The quantitative estimate of drug-likeness (QED) is 0.450. The third-order valence-electron chi connectivity index (χ3n) is 5.31. The van der Waals surface area contributed by atoms with E-state index in [1.807, 2.05) is 43.3 Å². The normalized spacial score (nSPS) is 11.3. The summed E-state index contributed by atoms with van der Waals surface area (Å²) in [7, 11) is 1.59. The molecule has 2 aromatic heterocycles. The first-order valence-electron chi connectivity index (χ1n) is 9.47. The lowest BCUT2D eigenvalue weighted by molar-refractivity contribution is 0.0936. The second-order valence-electron chi connectivity index (χ2n) is 7.12. The number of benzene rings is 3. The number of anilines is 1. The van der Waals surface area contributed by atoms with Crippen LogP contribution in [0, 0.1) is 6.92 Å². The van der Waals surface area contributed by atoms with E-state index in [-0.39, 0.29) is 17.3 Å². The molecule has 2 heterocycles. The minimum absolute atomic E-state index is 0.205. The molecular weight excluding hydrogens is 380 g/mol. The molecule has 0 saturated heterocycles. The lowest BCUT2D eigenvalue weighted by Gasteiger charge is -2.11. The van der Waals surface area contributed by atoms with Crippen molar-refractivity contribution in [3.05, 3.63) is 82.3 Å². The standard InChI is InChI=1S/C23H18N4O3/c1-13-15-12-11-14-7-3-4-8-16(14)20(15)30-19(13)21(28)25-26-23-24-18-10-6-5-9-17(18)22(29)27(23)2/h3-12H,1-2H3,(H,24,26)(H,25,28). The number of hydrogen-bond donors (Lipinski definition) is 2. The zero-order valence-electron chi connectivity index (χ0n) is 16.4. The number of aromatic nitrogens is 2. The van der Waals surface area contributed by atoms with Gasteiger partial charge in [0.1, 0.15) is 5.58 Å². The SMILES string of the molecule is Cc1c(C(=O)NNc2nc3ccccc3c(=O)n2C)oc2c1ccc1ccccc12. The highest BCUT2D eigenvalue weighted by molar-refractivity contribution is 6.09. The number of para-hydroxylation sites is 1. The number of carbonyl (C=O) groups excluding carboxylic acids is 1. The van der Waals surface area contributed by atoms with E-state index < -0.39 is 5.91 Å². The summed E-state index contributed by atoms with van der Waals surface area (Å²) >= 11 is 0. The third kappa shape index (κ3) is 2.71. The van der Waals surface area contributed by atoms with Crippen molar-refractivity contribution in [3.8, 4) is 0 Å². The van der Waals surface area contributed by atoms with Crippen LogP contribution in [-0.4, -0.2) is 15.5 Å². The maximum Gasteiger partial charge on any atom is 0.305 e. The highest BCUT2D eigenvalue weighted by atomic mass is 16.3. The number of nitrogens with zero attached hydrogens (tertiary/aromatic N) is 2. The topological polar surface area (TPSA) is 89.2 Å². The Morgan fingerprint density at radius 1 is 0.967 bits per heavy atom. The average molecular weight is 398 g/mol. The van der Waals surface area contributed by atoms with Crippen molar-refractivity contribution < 1.29 is 9.21 Å². The van der Waals surface area contributed by atoms with Gasteiger partial charge in [-0.1, -0.05) is 48.5 Å². The predicted molar refractivity (Wildman–Crippen MR) is 117 cm³/mol. The monoisotopic (exact) mass is 398 g/mol. The smallest absolute Gasteiger partial charge is 0.305 e. The molecule has 5 aromatic rings. The van der Waals surface area contributed by atoms with Gasteiger partial charge in [0.05, 0.1) is 10.9 Å². The molecule has 0 spiro atoms. The molecule has 0 atom stereocenters. The second kappa shape index (κ2) is 6.73. The summed E-state index contributed by atoms with van der Waals surface area (Å²) in [4.78, 5) is 29.7. The van der Waals surface area contributed by atoms with Crippen LogP contribution in [0.4, 0.5) is 5.95 Å². The van der Waals surface area contributed by atoms with Crippen LogP contribution < -0.4 is 16.4 Å². The number of furan rings is 1. The van der Waals surface area contributed by atoms with Crippen LogP contribution in [0.25, 0.3) is 32.6 Å². The molecule has 0 aliphatic heterocycles. The molecule has 0 bridgehead atoms. The van der Waals surface area contributed by atoms with E-state index in [0.29, 0.717) is 16.5 Å². The van der Waals surface area contributed by atoms with Crippen LogP contribution in [0.5, 0.6) is 0 Å². The number of rotatable bonds is 3. The number of fused-ring (bicyclic) bond motifs is 4. The minimum atomic E-state index is -0.449. The van der Waals surface area contributed by atoms with Crippen molar-refractivity contribution in [2.24, 2.45) is 7.05 Å². The maximum absolute atomic E-state index is 12.8. The average Bonchev–Trinajstić information content (AvgIpc) is 3.12. The van der Waals surface area contributed by atoms with Gasteiger partial charge in [0.15, 0.2) is 5.76 Å². The largest absolute Gasteiger partial charge is 0.450 e. The Kier molecular flexibility index (Phi) is 4.03. The van der Waals surface area contributed by atoms with Crippen LogP contribution in [0.1, 0.15) is 16.1 Å². The van der Waals surface area contributed by atoms with Crippen molar-refractivity contribution in [3.63, 3.8) is 0 Å². The molecule has 30 heavy (non-hydrogen) atoms. The van der Waals surface area contributed by atoms with Gasteiger partial charge in [0, 0.05) is 23.4 Å². The molecule has 0 saturated carbocycles. The molecule has 0 aliphatic rings. The molecule has 2 N–H and O–H groups in total. The van der Waals surface area contributed by atoms with Gasteiger partial charge in [-0.15, -0.1) is 0 Å². The highest BCUT2D eigenvalue weighted by Gasteiger charge is 2.19. The van der Waals surface area contributed by atoms with Crippen LogP contribution in [0.2, 0.25) is 0 Å². The fourth-order valence-electron chi connectivity index (χ4n) is 3.67. The van der Waals surface area contributed by atoms with E-state index in [9.17, 15) is 9.59 Å². The lowest BCUT2D eigenvalue weighted by atomic mass is 10.1. The zero-order chi connectivity index (χ0) is 20.8. The van der Waals surface area contributed by atoms with E-state index in [0.717, 1.165) is 21.7 Å². The number of carbonyl (C=O) groups is 1. The molecule has 0 fully saturated rings. The Morgan fingerprint density at radius 2 is 1.70 bits per heavy atom. The Morgan fingerprint density at radius 3 is 2.53 bits per heavy atom. The Bertz CT molecular complexity index is 1510. The number of nitrogens with one attached hydrogen (secondary N) is 2. The van der Waals surface area contributed by atoms with Crippen molar-refractivity contribution >= 4 is 44.5 Å². The molecule has 0 aliphatic carbocycles. The van der Waals surface area contributed by atoms with Gasteiger partial charge in [-0.25, -0.2) is 4.98 Å². The number of hydrazine groups is 1. The van der Waals surface area contributed by atoms with E-state index in [2.05, 4.69) is 15.8 Å². The van der Waals surface area contributed by atoms with E-state index >= 15 is 0 Å². The first kappa shape index (κ1) is 17.9. The van der Waals surface area contributed by atoms with Gasteiger partial charge in [-0.2, -0.15) is 0 Å².